The van der Waals surface area contributed by atoms with Gasteiger partial charge >= 0.3 is 0 Å². The lowest BCUT2D eigenvalue weighted by molar-refractivity contribution is 0.263. The second kappa shape index (κ2) is 5.15. The zero-order chi connectivity index (χ0) is 10.6. The van der Waals surface area contributed by atoms with Gasteiger partial charge in [-0.05, 0) is 19.3 Å². The zero-order valence-corrected chi connectivity index (χ0v) is 9.27. The summed E-state index contributed by atoms with van der Waals surface area (Å²) in [6, 6.07) is 0.426. The first-order chi connectivity index (χ1) is 6.69. The Kier molecular flexibility index (Phi) is 4.14. The summed E-state index contributed by atoms with van der Waals surface area (Å²) in [6.45, 7) is 6.71. The first kappa shape index (κ1) is 11.2. The molecule has 0 fully saturated rings. The Morgan fingerprint density at radius 1 is 1.50 bits per heavy atom. The molecule has 14 heavy (non-hydrogen) atoms. The lowest BCUT2D eigenvalue weighted by atomic mass is 10.0. The Morgan fingerprint density at radius 3 is 2.79 bits per heavy atom. The summed E-state index contributed by atoms with van der Waals surface area (Å²) in [7, 11) is 0. The fourth-order valence-corrected chi connectivity index (χ4v) is 1.71. The number of aliphatic hydroxyl groups is 1. The molecule has 0 saturated carbocycles. The van der Waals surface area contributed by atoms with Crippen molar-refractivity contribution >= 4 is 0 Å². The maximum absolute atomic E-state index is 9.09. The molecule has 2 atom stereocenters. The fourth-order valence-electron chi connectivity index (χ4n) is 1.71. The topological polar surface area (TPSA) is 38.0 Å². The normalized spacial score (nSPS) is 15.4. The van der Waals surface area contributed by atoms with Crippen LogP contribution in [0.4, 0.5) is 0 Å². The van der Waals surface area contributed by atoms with Crippen LogP contribution in [-0.2, 0) is 6.61 Å². The minimum Gasteiger partial charge on any atom is -0.390 e. The molecule has 0 saturated heterocycles. The van der Waals surface area contributed by atoms with Crippen molar-refractivity contribution < 1.29 is 5.11 Å². The van der Waals surface area contributed by atoms with Crippen LogP contribution in [0.3, 0.4) is 0 Å². The van der Waals surface area contributed by atoms with E-state index in [1.54, 1.807) is 12.5 Å². The molecule has 0 bridgehead atoms. The van der Waals surface area contributed by atoms with Crippen LogP contribution in [0.25, 0.3) is 0 Å². The highest BCUT2D eigenvalue weighted by Crippen LogP contribution is 2.20. The van der Waals surface area contributed by atoms with E-state index in [1.165, 1.54) is 6.42 Å². The fraction of sp³-hybridized carbons (Fsp3) is 0.727. The van der Waals surface area contributed by atoms with Gasteiger partial charge in [-0.15, -0.1) is 0 Å². The Hall–Kier alpha value is -0.830. The van der Waals surface area contributed by atoms with Crippen LogP contribution in [0.1, 0.15) is 45.3 Å². The van der Waals surface area contributed by atoms with Crippen LogP contribution in [0.15, 0.2) is 12.5 Å². The van der Waals surface area contributed by atoms with Crippen molar-refractivity contribution in [1.29, 1.82) is 0 Å². The number of imidazole rings is 1. The number of aromatic nitrogens is 2. The van der Waals surface area contributed by atoms with Crippen LogP contribution in [0.5, 0.6) is 0 Å². The predicted octanol–water partition coefficient (Wildman–Crippen LogP) is 2.37. The summed E-state index contributed by atoms with van der Waals surface area (Å²) in [5.74, 6) is 0.721. The Labute approximate surface area is 85.8 Å². The van der Waals surface area contributed by atoms with Crippen molar-refractivity contribution in [3.63, 3.8) is 0 Å². The van der Waals surface area contributed by atoms with Gasteiger partial charge in [0.1, 0.15) is 0 Å². The van der Waals surface area contributed by atoms with Gasteiger partial charge in [0.05, 0.1) is 24.8 Å². The second-order valence-corrected chi connectivity index (χ2v) is 4.05. The van der Waals surface area contributed by atoms with Gasteiger partial charge in [0, 0.05) is 6.04 Å². The van der Waals surface area contributed by atoms with E-state index in [2.05, 4.69) is 30.3 Å². The largest absolute Gasteiger partial charge is 0.390 e. The molecular formula is C11H20N2O. The van der Waals surface area contributed by atoms with Gasteiger partial charge in [0.2, 0.25) is 0 Å². The highest BCUT2D eigenvalue weighted by Gasteiger charge is 2.11. The molecule has 1 heterocycles. The lowest BCUT2D eigenvalue weighted by Gasteiger charge is -2.19. The number of hydrogen-bond donors (Lipinski definition) is 1. The third kappa shape index (κ3) is 2.58. The molecule has 0 aliphatic carbocycles. The van der Waals surface area contributed by atoms with Gasteiger partial charge in [-0.3, -0.25) is 0 Å². The van der Waals surface area contributed by atoms with Crippen molar-refractivity contribution in [2.45, 2.75) is 46.3 Å². The molecule has 3 heteroatoms. The lowest BCUT2D eigenvalue weighted by Crippen LogP contribution is -2.11. The molecule has 0 aliphatic heterocycles. The van der Waals surface area contributed by atoms with Gasteiger partial charge in [0.15, 0.2) is 0 Å². The molecule has 0 radical (unpaired) electrons. The Bertz CT molecular complexity index is 270. The van der Waals surface area contributed by atoms with E-state index in [0.717, 1.165) is 18.0 Å². The van der Waals surface area contributed by atoms with Gasteiger partial charge in [0.25, 0.3) is 0 Å². The number of aliphatic hydroxyl groups excluding tert-OH is 1. The van der Waals surface area contributed by atoms with Crippen molar-refractivity contribution in [1.82, 2.24) is 9.55 Å². The van der Waals surface area contributed by atoms with E-state index in [-0.39, 0.29) is 6.61 Å². The van der Waals surface area contributed by atoms with Gasteiger partial charge in [-0.1, -0.05) is 20.3 Å². The minimum atomic E-state index is 0.0743. The van der Waals surface area contributed by atoms with E-state index < -0.39 is 0 Å². The average molecular weight is 196 g/mol. The molecule has 0 amide bonds. The quantitative estimate of drug-likeness (QED) is 0.785. The molecule has 0 spiro atoms. The van der Waals surface area contributed by atoms with Crippen LogP contribution in [0.2, 0.25) is 0 Å². The summed E-state index contributed by atoms with van der Waals surface area (Å²) < 4.78 is 2.06. The Balaban J connectivity index is 2.64. The molecule has 1 aromatic rings. The summed E-state index contributed by atoms with van der Waals surface area (Å²) in [5, 5.41) is 9.09. The average Bonchev–Trinajstić information content (AvgIpc) is 2.65. The summed E-state index contributed by atoms with van der Waals surface area (Å²) in [4.78, 5) is 4.05. The molecule has 1 aromatic heterocycles. The summed E-state index contributed by atoms with van der Waals surface area (Å²) >= 11 is 0. The minimum absolute atomic E-state index is 0.0743. The summed E-state index contributed by atoms with van der Waals surface area (Å²) in [6.07, 6.45) is 5.87. The van der Waals surface area contributed by atoms with Crippen molar-refractivity contribution in [3.8, 4) is 0 Å². The first-order valence-corrected chi connectivity index (χ1v) is 5.30. The maximum Gasteiger partial charge on any atom is 0.0951 e. The second-order valence-electron chi connectivity index (χ2n) is 4.05. The molecule has 2 unspecified atom stereocenters. The third-order valence-electron chi connectivity index (χ3n) is 2.82. The highest BCUT2D eigenvalue weighted by molar-refractivity contribution is 4.98. The SMILES string of the molecule is CCC(C)CC(C)n1cncc1CO. The molecule has 0 aliphatic rings. The van der Waals surface area contributed by atoms with Crippen molar-refractivity contribution in [3.05, 3.63) is 18.2 Å². The van der Waals surface area contributed by atoms with Crippen LogP contribution in [0, 0.1) is 5.92 Å². The van der Waals surface area contributed by atoms with Crippen LogP contribution in [-0.4, -0.2) is 14.7 Å². The van der Waals surface area contributed by atoms with Gasteiger partial charge in [-0.25, -0.2) is 4.98 Å². The number of hydrogen-bond acceptors (Lipinski definition) is 2. The smallest absolute Gasteiger partial charge is 0.0951 e. The van der Waals surface area contributed by atoms with Crippen LogP contribution < -0.4 is 0 Å². The van der Waals surface area contributed by atoms with Crippen LogP contribution >= 0.6 is 0 Å². The van der Waals surface area contributed by atoms with E-state index in [0.29, 0.717) is 6.04 Å². The molecule has 80 valence electrons. The number of rotatable bonds is 5. The van der Waals surface area contributed by atoms with Gasteiger partial charge in [-0.2, -0.15) is 0 Å². The summed E-state index contributed by atoms with van der Waals surface area (Å²) in [5.41, 5.74) is 0.904. The monoisotopic (exact) mass is 196 g/mol. The standard InChI is InChI=1S/C11H20N2O/c1-4-9(2)5-10(3)13-8-12-6-11(13)7-14/h6,8-10,14H,4-5,7H2,1-3H3. The van der Waals surface area contributed by atoms with Gasteiger partial charge < -0.3 is 9.67 Å². The predicted molar refractivity (Wildman–Crippen MR) is 56.9 cm³/mol. The molecule has 1 N–H and O–H groups in total. The molecular weight excluding hydrogens is 176 g/mol. The van der Waals surface area contributed by atoms with Crippen molar-refractivity contribution in [2.24, 2.45) is 5.92 Å². The van der Waals surface area contributed by atoms with E-state index in [4.69, 9.17) is 5.11 Å². The van der Waals surface area contributed by atoms with E-state index in [1.807, 2.05) is 0 Å². The maximum atomic E-state index is 9.09. The third-order valence-corrected chi connectivity index (χ3v) is 2.82. The molecule has 0 aromatic carbocycles. The molecule has 1 rings (SSSR count). The Morgan fingerprint density at radius 2 is 2.21 bits per heavy atom. The number of nitrogens with zero attached hydrogens (tertiary/aromatic N) is 2. The van der Waals surface area contributed by atoms with E-state index >= 15 is 0 Å². The zero-order valence-electron chi connectivity index (χ0n) is 9.27. The van der Waals surface area contributed by atoms with Crippen molar-refractivity contribution in [2.75, 3.05) is 0 Å². The molecule has 3 nitrogen and oxygen atoms in total. The van der Waals surface area contributed by atoms with E-state index in [9.17, 15) is 0 Å². The first-order valence-electron chi connectivity index (χ1n) is 5.30. The highest BCUT2D eigenvalue weighted by atomic mass is 16.3.